The molecule has 0 unspecified atom stereocenters. The molecule has 2 rings (SSSR count). The highest BCUT2D eigenvalue weighted by molar-refractivity contribution is 6.04. The molecule has 3 nitrogen and oxygen atoms in total. The molecule has 0 saturated carbocycles. The first-order valence-corrected chi connectivity index (χ1v) is 6.63. The number of anilines is 1. The van der Waals surface area contributed by atoms with E-state index in [1.165, 1.54) is 24.4 Å². The van der Waals surface area contributed by atoms with E-state index in [2.05, 4.69) is 10.1 Å². The van der Waals surface area contributed by atoms with Crippen LogP contribution in [0.5, 0.6) is 5.75 Å². The standard InChI is InChI=1S/C17H15F2NO2/c1-12-2-4-13(5-3-12)16(21)10-11-20-14-6-8-15(9-7-14)22-17(18)19/h2-11,17,20H,1H3/b11-10+. The molecule has 22 heavy (non-hydrogen) atoms. The second-order valence-electron chi connectivity index (χ2n) is 4.61. The summed E-state index contributed by atoms with van der Waals surface area (Å²) >= 11 is 0. The van der Waals surface area contributed by atoms with Gasteiger partial charge in [-0.2, -0.15) is 8.78 Å². The van der Waals surface area contributed by atoms with E-state index < -0.39 is 6.61 Å². The molecule has 0 amide bonds. The van der Waals surface area contributed by atoms with Crippen LogP contribution in [0.15, 0.2) is 60.8 Å². The van der Waals surface area contributed by atoms with Gasteiger partial charge in [-0.1, -0.05) is 29.8 Å². The molecule has 2 aromatic rings. The fraction of sp³-hybridized carbons (Fsp3) is 0.118. The Balaban J connectivity index is 1.91. The largest absolute Gasteiger partial charge is 0.435 e. The number of ketones is 1. The van der Waals surface area contributed by atoms with Crippen molar-refractivity contribution in [3.8, 4) is 5.75 Å². The van der Waals surface area contributed by atoms with Crippen LogP contribution in [-0.4, -0.2) is 12.4 Å². The molecular formula is C17H15F2NO2. The Morgan fingerprint density at radius 3 is 2.32 bits per heavy atom. The zero-order valence-corrected chi connectivity index (χ0v) is 11.9. The van der Waals surface area contributed by atoms with Crippen LogP contribution in [0.3, 0.4) is 0 Å². The summed E-state index contributed by atoms with van der Waals surface area (Å²) in [7, 11) is 0. The van der Waals surface area contributed by atoms with Crippen LogP contribution in [0.2, 0.25) is 0 Å². The van der Waals surface area contributed by atoms with Crippen molar-refractivity contribution in [2.75, 3.05) is 5.32 Å². The summed E-state index contributed by atoms with van der Waals surface area (Å²) in [4.78, 5) is 11.9. The van der Waals surface area contributed by atoms with Crippen LogP contribution in [0.1, 0.15) is 15.9 Å². The predicted molar refractivity (Wildman–Crippen MR) is 81.3 cm³/mol. The normalized spacial score (nSPS) is 10.9. The zero-order chi connectivity index (χ0) is 15.9. The first kappa shape index (κ1) is 15.7. The Labute approximate surface area is 127 Å². The van der Waals surface area contributed by atoms with Crippen molar-refractivity contribution in [1.82, 2.24) is 0 Å². The SMILES string of the molecule is Cc1ccc(C(=O)/C=C/Nc2ccc(OC(F)F)cc2)cc1. The fourth-order valence-corrected chi connectivity index (χ4v) is 1.76. The van der Waals surface area contributed by atoms with E-state index in [9.17, 15) is 13.6 Å². The number of carbonyl (C=O) groups excluding carboxylic acids is 1. The number of ether oxygens (including phenoxy) is 1. The molecule has 0 bridgehead atoms. The highest BCUT2D eigenvalue weighted by atomic mass is 19.3. The molecule has 0 spiro atoms. The first-order valence-electron chi connectivity index (χ1n) is 6.63. The molecule has 114 valence electrons. The third-order valence-electron chi connectivity index (χ3n) is 2.90. The van der Waals surface area contributed by atoms with E-state index in [1.807, 2.05) is 19.1 Å². The van der Waals surface area contributed by atoms with Crippen molar-refractivity contribution in [2.24, 2.45) is 0 Å². The molecule has 5 heteroatoms. The highest BCUT2D eigenvalue weighted by Crippen LogP contribution is 2.17. The molecule has 0 saturated heterocycles. The molecular weight excluding hydrogens is 288 g/mol. The van der Waals surface area contributed by atoms with E-state index in [1.54, 1.807) is 24.3 Å². The summed E-state index contributed by atoms with van der Waals surface area (Å²) in [5.41, 5.74) is 2.35. The molecule has 1 N–H and O–H groups in total. The average molecular weight is 303 g/mol. The van der Waals surface area contributed by atoms with Gasteiger partial charge in [0.1, 0.15) is 5.75 Å². The van der Waals surface area contributed by atoms with Gasteiger partial charge in [0, 0.05) is 23.5 Å². The topological polar surface area (TPSA) is 38.3 Å². The zero-order valence-electron chi connectivity index (χ0n) is 11.9. The minimum Gasteiger partial charge on any atom is -0.435 e. The van der Waals surface area contributed by atoms with Gasteiger partial charge in [0.15, 0.2) is 5.78 Å². The van der Waals surface area contributed by atoms with E-state index in [-0.39, 0.29) is 11.5 Å². The molecule has 2 aromatic carbocycles. The lowest BCUT2D eigenvalue weighted by Crippen LogP contribution is -2.01. The van der Waals surface area contributed by atoms with Gasteiger partial charge in [-0.3, -0.25) is 4.79 Å². The van der Waals surface area contributed by atoms with Gasteiger partial charge >= 0.3 is 6.61 Å². The third-order valence-corrected chi connectivity index (χ3v) is 2.90. The van der Waals surface area contributed by atoms with Gasteiger partial charge in [0.05, 0.1) is 0 Å². The summed E-state index contributed by atoms with van der Waals surface area (Å²) in [6.45, 7) is -0.890. The predicted octanol–water partition coefficient (Wildman–Crippen LogP) is 4.40. The highest BCUT2D eigenvalue weighted by Gasteiger charge is 2.03. The second kappa shape index (κ2) is 7.36. The van der Waals surface area contributed by atoms with Gasteiger partial charge in [-0.25, -0.2) is 0 Å². The summed E-state index contributed by atoms with van der Waals surface area (Å²) in [6, 6.07) is 13.3. The van der Waals surface area contributed by atoms with Gasteiger partial charge in [0.25, 0.3) is 0 Å². The smallest absolute Gasteiger partial charge is 0.387 e. The maximum atomic E-state index is 12.0. The van der Waals surface area contributed by atoms with Crippen molar-refractivity contribution in [3.63, 3.8) is 0 Å². The molecule has 0 aliphatic heterocycles. The lowest BCUT2D eigenvalue weighted by molar-refractivity contribution is -0.0498. The van der Waals surface area contributed by atoms with Gasteiger partial charge in [-0.05, 0) is 31.2 Å². The lowest BCUT2D eigenvalue weighted by Gasteiger charge is -2.05. The molecule has 0 heterocycles. The maximum Gasteiger partial charge on any atom is 0.387 e. The van der Waals surface area contributed by atoms with Crippen LogP contribution < -0.4 is 10.1 Å². The maximum absolute atomic E-state index is 12.0. The quantitative estimate of drug-likeness (QED) is 0.635. The number of allylic oxidation sites excluding steroid dienone is 1. The van der Waals surface area contributed by atoms with Crippen LogP contribution in [-0.2, 0) is 0 Å². The van der Waals surface area contributed by atoms with E-state index in [4.69, 9.17) is 0 Å². The molecule has 0 atom stereocenters. The van der Waals surface area contributed by atoms with Crippen molar-refractivity contribution in [2.45, 2.75) is 13.5 Å². The number of nitrogens with one attached hydrogen (secondary N) is 1. The number of aryl methyl sites for hydroxylation is 1. The van der Waals surface area contributed by atoms with E-state index in [0.717, 1.165) is 5.56 Å². The van der Waals surface area contributed by atoms with Gasteiger partial charge < -0.3 is 10.1 Å². The number of halogens is 2. The van der Waals surface area contributed by atoms with Crippen molar-refractivity contribution in [1.29, 1.82) is 0 Å². The Bertz CT molecular complexity index is 649. The first-order chi connectivity index (χ1) is 10.5. The number of hydrogen-bond donors (Lipinski definition) is 1. The van der Waals surface area contributed by atoms with E-state index >= 15 is 0 Å². The summed E-state index contributed by atoms with van der Waals surface area (Å²) < 4.78 is 28.3. The molecule has 0 radical (unpaired) electrons. The van der Waals surface area contributed by atoms with Gasteiger partial charge in [0.2, 0.25) is 0 Å². The van der Waals surface area contributed by atoms with Crippen molar-refractivity contribution < 1.29 is 18.3 Å². The molecule has 0 aromatic heterocycles. The summed E-state index contributed by atoms with van der Waals surface area (Å²) in [5, 5.41) is 2.89. The van der Waals surface area contributed by atoms with Crippen LogP contribution in [0.25, 0.3) is 0 Å². The van der Waals surface area contributed by atoms with Crippen LogP contribution in [0, 0.1) is 6.92 Å². The Kier molecular flexibility index (Phi) is 5.25. The van der Waals surface area contributed by atoms with Crippen LogP contribution in [0.4, 0.5) is 14.5 Å². The minimum absolute atomic E-state index is 0.0836. The minimum atomic E-state index is -2.84. The van der Waals surface area contributed by atoms with Crippen molar-refractivity contribution in [3.05, 3.63) is 71.9 Å². The summed E-state index contributed by atoms with van der Waals surface area (Å²) in [5.74, 6) is -0.0367. The van der Waals surface area contributed by atoms with E-state index in [0.29, 0.717) is 11.3 Å². The fourth-order valence-electron chi connectivity index (χ4n) is 1.76. The lowest BCUT2D eigenvalue weighted by atomic mass is 10.1. The number of rotatable bonds is 6. The summed E-state index contributed by atoms with van der Waals surface area (Å²) in [6.07, 6.45) is 2.92. The number of hydrogen-bond acceptors (Lipinski definition) is 3. The molecule has 0 aliphatic rings. The molecule has 0 fully saturated rings. The Morgan fingerprint density at radius 1 is 1.09 bits per heavy atom. The number of benzene rings is 2. The third kappa shape index (κ3) is 4.70. The Morgan fingerprint density at radius 2 is 1.73 bits per heavy atom. The second-order valence-corrected chi connectivity index (χ2v) is 4.61. The van der Waals surface area contributed by atoms with Gasteiger partial charge in [-0.15, -0.1) is 0 Å². The van der Waals surface area contributed by atoms with Crippen LogP contribution >= 0.6 is 0 Å². The number of alkyl halides is 2. The monoisotopic (exact) mass is 303 g/mol. The number of carbonyl (C=O) groups is 1. The average Bonchev–Trinajstić information content (AvgIpc) is 2.49. The molecule has 0 aliphatic carbocycles. The Hall–Kier alpha value is -2.69. The van der Waals surface area contributed by atoms with Crippen molar-refractivity contribution >= 4 is 11.5 Å².